The predicted molar refractivity (Wildman–Crippen MR) is 68.3 cm³/mol. The summed E-state index contributed by atoms with van der Waals surface area (Å²) in [6, 6.07) is 5.52. The van der Waals surface area contributed by atoms with Crippen LogP contribution in [0.1, 0.15) is 5.56 Å². The molecular weight excluding hydrogens is 248 g/mol. The van der Waals surface area contributed by atoms with Gasteiger partial charge in [0.25, 0.3) is 0 Å². The largest absolute Gasteiger partial charge is 0.508 e. The molecule has 0 amide bonds. The number of furan rings is 1. The van der Waals surface area contributed by atoms with E-state index in [-0.39, 0.29) is 17.3 Å². The third-order valence-electron chi connectivity index (χ3n) is 2.86. The van der Waals surface area contributed by atoms with Crippen LogP contribution in [-0.4, -0.2) is 10.2 Å². The number of phenols is 2. The fraction of sp³-hybridized carbons (Fsp3) is 0.0714. The first-order valence-electron chi connectivity index (χ1n) is 5.60. The molecule has 0 saturated heterocycles. The summed E-state index contributed by atoms with van der Waals surface area (Å²) in [5.41, 5.74) is 0.993. The highest BCUT2D eigenvalue weighted by atomic mass is 16.4. The van der Waals surface area contributed by atoms with Crippen molar-refractivity contribution in [3.8, 4) is 22.8 Å². The molecule has 3 rings (SSSR count). The standard InChI is InChI=1S/C14H10O5/c1-7-6-18-12-5-11(19-14(17)13(7)12)8-2-9(15)4-10(16)3-8/h2-6,15-16H,1H3. The summed E-state index contributed by atoms with van der Waals surface area (Å²) in [5.74, 6) is -0.0141. The molecule has 0 spiro atoms. The minimum Gasteiger partial charge on any atom is -0.508 e. The van der Waals surface area contributed by atoms with Gasteiger partial charge in [-0.1, -0.05) is 0 Å². The summed E-state index contributed by atoms with van der Waals surface area (Å²) in [4.78, 5) is 11.9. The summed E-state index contributed by atoms with van der Waals surface area (Å²) in [7, 11) is 0. The molecule has 0 unspecified atom stereocenters. The van der Waals surface area contributed by atoms with Crippen molar-refractivity contribution in [3.63, 3.8) is 0 Å². The van der Waals surface area contributed by atoms with Crippen LogP contribution in [0.3, 0.4) is 0 Å². The maximum Gasteiger partial charge on any atom is 0.347 e. The van der Waals surface area contributed by atoms with Crippen molar-refractivity contribution in [2.75, 3.05) is 0 Å². The smallest absolute Gasteiger partial charge is 0.347 e. The number of phenolic OH excluding ortho intramolecular Hbond substituents is 2. The molecule has 0 atom stereocenters. The maximum absolute atomic E-state index is 11.9. The minimum atomic E-state index is -0.512. The minimum absolute atomic E-state index is 0.117. The third-order valence-corrected chi connectivity index (χ3v) is 2.86. The Morgan fingerprint density at radius 2 is 1.74 bits per heavy atom. The Bertz CT molecular complexity index is 805. The molecule has 96 valence electrons. The molecule has 3 aromatic rings. The van der Waals surface area contributed by atoms with Gasteiger partial charge in [0.05, 0.1) is 6.26 Å². The lowest BCUT2D eigenvalue weighted by Crippen LogP contribution is -1.99. The van der Waals surface area contributed by atoms with Crippen LogP contribution >= 0.6 is 0 Å². The van der Waals surface area contributed by atoms with Gasteiger partial charge in [0.2, 0.25) is 0 Å². The van der Waals surface area contributed by atoms with Crippen LogP contribution < -0.4 is 5.63 Å². The van der Waals surface area contributed by atoms with Crippen LogP contribution in [0.2, 0.25) is 0 Å². The number of aromatic hydroxyl groups is 2. The monoisotopic (exact) mass is 258 g/mol. The second-order valence-electron chi connectivity index (χ2n) is 4.29. The molecule has 2 heterocycles. The van der Waals surface area contributed by atoms with E-state index in [0.29, 0.717) is 22.1 Å². The van der Waals surface area contributed by atoms with E-state index in [2.05, 4.69) is 0 Å². The van der Waals surface area contributed by atoms with E-state index < -0.39 is 5.63 Å². The lowest BCUT2D eigenvalue weighted by atomic mass is 10.1. The maximum atomic E-state index is 11.9. The van der Waals surface area contributed by atoms with Gasteiger partial charge in [-0.3, -0.25) is 0 Å². The number of hydrogen-bond acceptors (Lipinski definition) is 5. The molecular formula is C14H10O5. The first-order valence-corrected chi connectivity index (χ1v) is 5.60. The quantitative estimate of drug-likeness (QED) is 0.701. The molecule has 0 radical (unpaired) electrons. The van der Waals surface area contributed by atoms with Crippen LogP contribution in [0, 0.1) is 6.92 Å². The van der Waals surface area contributed by atoms with E-state index in [9.17, 15) is 15.0 Å². The van der Waals surface area contributed by atoms with Crippen molar-refractivity contribution in [3.05, 3.63) is 46.5 Å². The predicted octanol–water partition coefficient (Wildman–Crippen LogP) is 2.77. The Morgan fingerprint density at radius 3 is 2.42 bits per heavy atom. The van der Waals surface area contributed by atoms with Crippen molar-refractivity contribution >= 4 is 11.0 Å². The first kappa shape index (κ1) is 11.4. The van der Waals surface area contributed by atoms with Crippen molar-refractivity contribution in [2.45, 2.75) is 6.92 Å². The summed E-state index contributed by atoms with van der Waals surface area (Å²) in [6.45, 7) is 1.75. The Labute approximate surface area is 107 Å². The highest BCUT2D eigenvalue weighted by Gasteiger charge is 2.12. The van der Waals surface area contributed by atoms with Crippen LogP contribution in [0.15, 0.2) is 44.2 Å². The van der Waals surface area contributed by atoms with Gasteiger partial charge >= 0.3 is 5.63 Å². The van der Waals surface area contributed by atoms with E-state index in [1.54, 1.807) is 13.0 Å². The van der Waals surface area contributed by atoms with E-state index in [1.807, 2.05) is 0 Å². The van der Waals surface area contributed by atoms with Gasteiger partial charge in [-0.2, -0.15) is 0 Å². The molecule has 5 nitrogen and oxygen atoms in total. The molecule has 0 bridgehead atoms. The number of aryl methyl sites for hydroxylation is 1. The zero-order chi connectivity index (χ0) is 13.6. The molecule has 2 aromatic heterocycles. The van der Waals surface area contributed by atoms with Crippen LogP contribution in [0.5, 0.6) is 11.5 Å². The summed E-state index contributed by atoms with van der Waals surface area (Å²) < 4.78 is 10.5. The number of rotatable bonds is 1. The van der Waals surface area contributed by atoms with Gasteiger partial charge in [0, 0.05) is 23.3 Å². The highest BCUT2D eigenvalue weighted by Crippen LogP contribution is 2.30. The van der Waals surface area contributed by atoms with E-state index in [1.165, 1.54) is 24.5 Å². The van der Waals surface area contributed by atoms with E-state index >= 15 is 0 Å². The highest BCUT2D eigenvalue weighted by molar-refractivity contribution is 5.82. The second-order valence-corrected chi connectivity index (χ2v) is 4.29. The summed E-state index contributed by atoms with van der Waals surface area (Å²) in [6.07, 6.45) is 1.48. The number of fused-ring (bicyclic) bond motifs is 1. The Balaban J connectivity index is 2.28. The van der Waals surface area contributed by atoms with Gasteiger partial charge < -0.3 is 19.0 Å². The van der Waals surface area contributed by atoms with E-state index in [4.69, 9.17) is 8.83 Å². The normalized spacial score (nSPS) is 11.0. The van der Waals surface area contributed by atoms with Gasteiger partial charge in [0.15, 0.2) is 0 Å². The summed E-state index contributed by atoms with van der Waals surface area (Å²) in [5, 5.41) is 19.3. The van der Waals surface area contributed by atoms with Crippen LogP contribution in [0.4, 0.5) is 0 Å². The van der Waals surface area contributed by atoms with Gasteiger partial charge in [0.1, 0.15) is 28.2 Å². The topological polar surface area (TPSA) is 83.8 Å². The van der Waals surface area contributed by atoms with Gasteiger partial charge in [-0.15, -0.1) is 0 Å². The van der Waals surface area contributed by atoms with Crippen molar-refractivity contribution in [1.29, 1.82) is 0 Å². The molecule has 0 aliphatic rings. The van der Waals surface area contributed by atoms with Crippen molar-refractivity contribution in [2.24, 2.45) is 0 Å². The Morgan fingerprint density at radius 1 is 1.05 bits per heavy atom. The zero-order valence-corrected chi connectivity index (χ0v) is 10.0. The lowest BCUT2D eigenvalue weighted by molar-refractivity contribution is 0.450. The Hall–Kier alpha value is -2.69. The van der Waals surface area contributed by atoms with E-state index in [0.717, 1.165) is 0 Å². The zero-order valence-electron chi connectivity index (χ0n) is 10.0. The van der Waals surface area contributed by atoms with Gasteiger partial charge in [-0.25, -0.2) is 4.79 Å². The van der Waals surface area contributed by atoms with Crippen molar-refractivity contribution in [1.82, 2.24) is 0 Å². The third kappa shape index (κ3) is 1.85. The molecule has 2 N–H and O–H groups in total. The fourth-order valence-electron chi connectivity index (χ4n) is 2.01. The van der Waals surface area contributed by atoms with Crippen molar-refractivity contribution < 1.29 is 19.0 Å². The molecule has 0 aliphatic heterocycles. The molecule has 19 heavy (non-hydrogen) atoms. The second kappa shape index (κ2) is 3.91. The lowest BCUT2D eigenvalue weighted by Gasteiger charge is -2.02. The number of hydrogen-bond donors (Lipinski definition) is 2. The van der Waals surface area contributed by atoms with Crippen LogP contribution in [-0.2, 0) is 0 Å². The fourth-order valence-corrected chi connectivity index (χ4v) is 2.01. The molecule has 0 aliphatic carbocycles. The average Bonchev–Trinajstić information content (AvgIpc) is 2.70. The summed E-state index contributed by atoms with van der Waals surface area (Å²) >= 11 is 0. The SMILES string of the molecule is Cc1coc2cc(-c3cc(O)cc(O)c3)oc(=O)c12. The average molecular weight is 258 g/mol. The Kier molecular flexibility index (Phi) is 2.35. The molecule has 5 heteroatoms. The molecule has 0 fully saturated rings. The van der Waals surface area contributed by atoms with Gasteiger partial charge in [-0.05, 0) is 19.1 Å². The molecule has 1 aromatic carbocycles. The molecule has 0 saturated carbocycles. The van der Waals surface area contributed by atoms with Crippen LogP contribution in [0.25, 0.3) is 22.3 Å². The first-order chi connectivity index (χ1) is 9.04. The number of benzene rings is 1.